The molecule has 0 radical (unpaired) electrons. The van der Waals surface area contributed by atoms with Gasteiger partial charge in [-0.2, -0.15) is 5.10 Å². The van der Waals surface area contributed by atoms with Gasteiger partial charge in [0.05, 0.1) is 36.3 Å². The van der Waals surface area contributed by atoms with Crippen molar-refractivity contribution in [1.82, 2.24) is 14.8 Å². The second-order valence-corrected chi connectivity index (χ2v) is 7.90. The van der Waals surface area contributed by atoms with Crippen molar-refractivity contribution in [2.24, 2.45) is 5.41 Å². The molecule has 3 rings (SSSR count). The van der Waals surface area contributed by atoms with Crippen LogP contribution in [0, 0.1) is 5.41 Å². The van der Waals surface area contributed by atoms with E-state index in [0.29, 0.717) is 35.6 Å². The van der Waals surface area contributed by atoms with Gasteiger partial charge >= 0.3 is 0 Å². The third-order valence-electron chi connectivity index (χ3n) is 4.67. The Balaban J connectivity index is 1.80. The molecule has 142 valence electrons. The lowest BCUT2D eigenvalue weighted by Gasteiger charge is -2.41. The minimum Gasteiger partial charge on any atom is -0.491 e. The summed E-state index contributed by atoms with van der Waals surface area (Å²) in [4.78, 5) is 4.01. The van der Waals surface area contributed by atoms with Crippen LogP contribution in [0.15, 0.2) is 30.9 Å². The van der Waals surface area contributed by atoms with Gasteiger partial charge in [0.25, 0.3) is 0 Å². The summed E-state index contributed by atoms with van der Waals surface area (Å²) in [6.07, 6.45) is 4.06. The van der Waals surface area contributed by atoms with Crippen LogP contribution in [-0.2, 0) is 16.0 Å². The molecule has 1 aliphatic heterocycles. The van der Waals surface area contributed by atoms with E-state index in [1.54, 1.807) is 29.2 Å². The number of rotatable bonds is 7. The van der Waals surface area contributed by atoms with Gasteiger partial charge in [-0.25, -0.2) is 9.67 Å². The molecule has 26 heavy (non-hydrogen) atoms. The van der Waals surface area contributed by atoms with E-state index >= 15 is 0 Å². The summed E-state index contributed by atoms with van der Waals surface area (Å²) in [6.45, 7) is 7.48. The Labute approximate surface area is 163 Å². The summed E-state index contributed by atoms with van der Waals surface area (Å²) in [7, 11) is 0. The van der Waals surface area contributed by atoms with Crippen LogP contribution in [-0.4, -0.2) is 39.9 Å². The van der Waals surface area contributed by atoms with Crippen LogP contribution in [0.5, 0.6) is 5.75 Å². The summed E-state index contributed by atoms with van der Waals surface area (Å²) in [5.41, 5.74) is -0.480. The zero-order valence-corrected chi connectivity index (χ0v) is 16.6. The van der Waals surface area contributed by atoms with E-state index in [0.717, 1.165) is 6.42 Å². The van der Waals surface area contributed by atoms with Crippen LogP contribution in [0.3, 0.4) is 0 Å². The summed E-state index contributed by atoms with van der Waals surface area (Å²) in [6, 6.07) is 5.17. The van der Waals surface area contributed by atoms with Crippen molar-refractivity contribution in [1.29, 1.82) is 0 Å². The molecular weight excluding hydrogens is 377 g/mol. The van der Waals surface area contributed by atoms with Crippen LogP contribution in [0.4, 0.5) is 0 Å². The maximum atomic E-state index is 6.33. The average Bonchev–Trinajstić information content (AvgIpc) is 3.25. The predicted molar refractivity (Wildman–Crippen MR) is 99.6 cm³/mol. The lowest BCUT2D eigenvalue weighted by atomic mass is 9.83. The molecule has 1 aromatic carbocycles. The maximum Gasteiger partial charge on any atom is 0.196 e. The van der Waals surface area contributed by atoms with Crippen LogP contribution in [0.1, 0.15) is 27.2 Å². The number of aromatic nitrogens is 3. The van der Waals surface area contributed by atoms with E-state index in [9.17, 15) is 0 Å². The highest BCUT2D eigenvalue weighted by Crippen LogP contribution is 2.43. The topological polar surface area (TPSA) is 58.4 Å². The first-order chi connectivity index (χ1) is 12.4. The number of benzene rings is 1. The van der Waals surface area contributed by atoms with Gasteiger partial charge < -0.3 is 14.2 Å². The minimum absolute atomic E-state index is 0.0388. The Morgan fingerprint density at radius 1 is 1.38 bits per heavy atom. The summed E-state index contributed by atoms with van der Waals surface area (Å²) >= 11 is 12.2. The van der Waals surface area contributed by atoms with Crippen molar-refractivity contribution in [3.63, 3.8) is 0 Å². The largest absolute Gasteiger partial charge is 0.491 e. The fourth-order valence-electron chi connectivity index (χ4n) is 2.91. The Hall–Kier alpha value is -1.34. The van der Waals surface area contributed by atoms with Crippen LogP contribution >= 0.6 is 23.2 Å². The third kappa shape index (κ3) is 3.98. The zero-order chi connectivity index (χ0) is 18.8. The van der Waals surface area contributed by atoms with Crippen molar-refractivity contribution >= 4 is 23.2 Å². The lowest BCUT2D eigenvalue weighted by Crippen LogP contribution is -2.52. The van der Waals surface area contributed by atoms with Crippen LogP contribution in [0.25, 0.3) is 0 Å². The van der Waals surface area contributed by atoms with Gasteiger partial charge in [0, 0.05) is 5.02 Å². The third-order valence-corrected chi connectivity index (χ3v) is 5.20. The molecule has 8 heteroatoms. The molecule has 0 bridgehead atoms. The zero-order valence-electron chi connectivity index (χ0n) is 15.1. The molecule has 2 aromatic rings. The van der Waals surface area contributed by atoms with Gasteiger partial charge in [-0.1, -0.05) is 44.0 Å². The molecule has 2 atom stereocenters. The lowest BCUT2D eigenvalue weighted by molar-refractivity contribution is -0.252. The maximum absolute atomic E-state index is 6.33. The molecule has 0 saturated carbocycles. The van der Waals surface area contributed by atoms with Crippen LogP contribution < -0.4 is 4.74 Å². The number of halogens is 2. The summed E-state index contributed by atoms with van der Waals surface area (Å²) in [5, 5.41) is 5.24. The van der Waals surface area contributed by atoms with E-state index in [4.69, 9.17) is 37.4 Å². The first kappa shape index (κ1) is 19.4. The first-order valence-corrected chi connectivity index (χ1v) is 9.33. The normalized spacial score (nSPS) is 23.3. The quantitative estimate of drug-likeness (QED) is 0.697. The standard InChI is InChI=1S/C18H23Cl2N3O3/c1-4-14-8-25-18(26-14,9-23-12-21-11-22-23)17(2,3)10-24-16-6-5-13(19)7-15(16)20/h5-7,11-12,14H,4,8-10H2,1-3H3. The molecule has 1 aromatic heterocycles. The Kier molecular flexibility index (Phi) is 5.77. The van der Waals surface area contributed by atoms with Gasteiger partial charge in [0.15, 0.2) is 5.79 Å². The van der Waals surface area contributed by atoms with Gasteiger partial charge in [0.1, 0.15) is 18.4 Å². The second kappa shape index (κ2) is 7.72. The monoisotopic (exact) mass is 399 g/mol. The summed E-state index contributed by atoms with van der Waals surface area (Å²) in [5.74, 6) is -0.301. The number of ether oxygens (including phenoxy) is 3. The highest BCUT2D eigenvalue weighted by atomic mass is 35.5. The molecule has 0 aliphatic carbocycles. The van der Waals surface area contributed by atoms with E-state index in [1.807, 2.05) is 13.8 Å². The van der Waals surface area contributed by atoms with E-state index < -0.39 is 11.2 Å². The average molecular weight is 400 g/mol. The molecule has 2 unspecified atom stereocenters. The van der Waals surface area contributed by atoms with Crippen molar-refractivity contribution in [2.75, 3.05) is 13.2 Å². The van der Waals surface area contributed by atoms with Gasteiger partial charge in [-0.3, -0.25) is 0 Å². The van der Waals surface area contributed by atoms with E-state index in [-0.39, 0.29) is 6.10 Å². The van der Waals surface area contributed by atoms with Crippen molar-refractivity contribution < 1.29 is 14.2 Å². The molecule has 0 spiro atoms. The molecule has 2 heterocycles. The minimum atomic E-state index is -0.875. The molecule has 6 nitrogen and oxygen atoms in total. The Bertz CT molecular complexity index is 739. The highest BCUT2D eigenvalue weighted by Gasteiger charge is 2.53. The number of hydrogen-bond donors (Lipinski definition) is 0. The molecule has 0 N–H and O–H groups in total. The molecule has 1 saturated heterocycles. The molecule has 1 fully saturated rings. The molecular formula is C18H23Cl2N3O3. The van der Waals surface area contributed by atoms with Gasteiger partial charge in [-0.15, -0.1) is 0 Å². The summed E-state index contributed by atoms with van der Waals surface area (Å²) < 4.78 is 20.2. The van der Waals surface area contributed by atoms with Crippen LogP contribution in [0.2, 0.25) is 10.0 Å². The van der Waals surface area contributed by atoms with Crippen molar-refractivity contribution in [2.45, 2.75) is 45.6 Å². The fraction of sp³-hybridized carbons (Fsp3) is 0.556. The smallest absolute Gasteiger partial charge is 0.196 e. The van der Waals surface area contributed by atoms with Crippen molar-refractivity contribution in [3.8, 4) is 5.75 Å². The first-order valence-electron chi connectivity index (χ1n) is 8.57. The van der Waals surface area contributed by atoms with Crippen molar-refractivity contribution in [3.05, 3.63) is 40.9 Å². The SMILES string of the molecule is CCC1COC(Cn2cncn2)(C(C)(C)COc2ccc(Cl)cc2Cl)O1. The van der Waals surface area contributed by atoms with E-state index in [2.05, 4.69) is 17.0 Å². The van der Waals surface area contributed by atoms with E-state index in [1.165, 1.54) is 6.33 Å². The molecule has 0 amide bonds. The second-order valence-electron chi connectivity index (χ2n) is 7.05. The number of nitrogens with zero attached hydrogens (tertiary/aromatic N) is 3. The highest BCUT2D eigenvalue weighted by molar-refractivity contribution is 6.35. The molecule has 1 aliphatic rings. The predicted octanol–water partition coefficient (Wildman–Crippen LogP) is 4.21. The Morgan fingerprint density at radius 2 is 2.19 bits per heavy atom. The number of hydrogen-bond acceptors (Lipinski definition) is 5. The van der Waals surface area contributed by atoms with Gasteiger partial charge in [-0.05, 0) is 24.6 Å². The Morgan fingerprint density at radius 3 is 2.81 bits per heavy atom. The fourth-order valence-corrected chi connectivity index (χ4v) is 3.37. The van der Waals surface area contributed by atoms with Gasteiger partial charge in [0.2, 0.25) is 0 Å².